The number of carbonyl (C=O) groups excluding carboxylic acids is 1. The van der Waals surface area contributed by atoms with Crippen LogP contribution in [0, 0.1) is 6.92 Å². The van der Waals surface area contributed by atoms with E-state index in [1.54, 1.807) is 38.1 Å². The molecule has 1 aromatic heterocycles. The summed E-state index contributed by atoms with van der Waals surface area (Å²) in [7, 11) is 0. The molecule has 28 heavy (non-hydrogen) atoms. The highest BCUT2D eigenvalue weighted by Gasteiger charge is 2.18. The molecule has 2 rings (SSSR count). The van der Waals surface area contributed by atoms with Crippen molar-refractivity contribution in [1.29, 1.82) is 0 Å². The predicted molar refractivity (Wildman–Crippen MR) is 109 cm³/mol. The molecule has 0 saturated heterocycles. The molecule has 0 fully saturated rings. The summed E-state index contributed by atoms with van der Waals surface area (Å²) in [6.07, 6.45) is 1.16. The summed E-state index contributed by atoms with van der Waals surface area (Å²) >= 11 is 11.1. The number of anilines is 1. The van der Waals surface area contributed by atoms with Gasteiger partial charge in [-0.1, -0.05) is 23.7 Å². The lowest BCUT2D eigenvalue weighted by atomic mass is 10.0. The minimum Gasteiger partial charge on any atom is -0.481 e. The summed E-state index contributed by atoms with van der Waals surface area (Å²) in [6, 6.07) is 6.21. The Labute approximate surface area is 172 Å². The number of aryl methyl sites for hydroxylation is 1. The molecule has 0 saturated carbocycles. The lowest BCUT2D eigenvalue weighted by molar-refractivity contribution is -0.137. The van der Waals surface area contributed by atoms with Crippen molar-refractivity contribution in [3.8, 4) is 0 Å². The van der Waals surface area contributed by atoms with E-state index in [0.29, 0.717) is 16.3 Å². The van der Waals surface area contributed by atoms with Gasteiger partial charge in [0.15, 0.2) is 5.11 Å². The van der Waals surface area contributed by atoms with Crippen LogP contribution in [0.15, 0.2) is 30.5 Å². The van der Waals surface area contributed by atoms with Gasteiger partial charge >= 0.3 is 11.9 Å². The monoisotopic (exact) mass is 422 g/mol. The van der Waals surface area contributed by atoms with E-state index >= 15 is 0 Å². The predicted octanol–water partition coefficient (Wildman–Crippen LogP) is 3.12. The van der Waals surface area contributed by atoms with Gasteiger partial charge in [0.2, 0.25) is 5.95 Å². The smallest absolute Gasteiger partial charge is 0.341 e. The van der Waals surface area contributed by atoms with Crippen molar-refractivity contribution in [2.75, 3.05) is 11.9 Å². The van der Waals surface area contributed by atoms with Gasteiger partial charge in [-0.15, -0.1) is 0 Å². The van der Waals surface area contributed by atoms with E-state index in [4.69, 9.17) is 33.7 Å². The highest BCUT2D eigenvalue weighted by molar-refractivity contribution is 7.80. The Hall–Kier alpha value is -2.78. The Morgan fingerprint density at radius 3 is 2.57 bits per heavy atom. The number of aliphatic carboxylic acids is 1. The van der Waals surface area contributed by atoms with Crippen molar-refractivity contribution in [2.24, 2.45) is 0 Å². The molecule has 0 aliphatic heterocycles. The quantitative estimate of drug-likeness (QED) is 0.457. The molecule has 1 atom stereocenters. The second-order valence-electron chi connectivity index (χ2n) is 5.71. The van der Waals surface area contributed by atoms with Crippen molar-refractivity contribution in [1.82, 2.24) is 15.3 Å². The first kappa shape index (κ1) is 21.5. The third-order valence-electron chi connectivity index (χ3n) is 3.66. The highest BCUT2D eigenvalue weighted by atomic mass is 35.5. The SMILES string of the molecule is CCOC(=O)c1cnc(NC(=S)N[C@@H](CC(=O)O)c2ccc(Cl)cc2)nc1C. The van der Waals surface area contributed by atoms with Gasteiger partial charge in [-0.05, 0) is 43.8 Å². The molecule has 8 nitrogen and oxygen atoms in total. The Bertz CT molecular complexity index is 876. The lowest BCUT2D eigenvalue weighted by Gasteiger charge is -2.19. The van der Waals surface area contributed by atoms with Gasteiger partial charge in [0.05, 0.1) is 30.3 Å². The van der Waals surface area contributed by atoms with E-state index in [1.807, 2.05) is 0 Å². The Balaban J connectivity index is 2.09. The maximum atomic E-state index is 11.8. The van der Waals surface area contributed by atoms with Gasteiger partial charge < -0.3 is 20.5 Å². The molecule has 0 unspecified atom stereocenters. The number of rotatable bonds is 7. The molecule has 0 radical (unpaired) electrons. The van der Waals surface area contributed by atoms with Crippen molar-refractivity contribution in [3.63, 3.8) is 0 Å². The van der Waals surface area contributed by atoms with E-state index in [2.05, 4.69) is 20.6 Å². The number of carbonyl (C=O) groups is 2. The van der Waals surface area contributed by atoms with Crippen molar-refractivity contribution >= 4 is 46.8 Å². The van der Waals surface area contributed by atoms with Crippen LogP contribution in [-0.2, 0) is 9.53 Å². The number of hydrogen-bond donors (Lipinski definition) is 3. The number of hydrogen-bond acceptors (Lipinski definition) is 6. The second-order valence-corrected chi connectivity index (χ2v) is 6.56. The summed E-state index contributed by atoms with van der Waals surface area (Å²) in [4.78, 5) is 31.2. The van der Waals surface area contributed by atoms with Gasteiger partial charge in [-0.3, -0.25) is 4.79 Å². The van der Waals surface area contributed by atoms with Crippen molar-refractivity contribution in [2.45, 2.75) is 26.3 Å². The maximum Gasteiger partial charge on any atom is 0.341 e. The first-order valence-corrected chi connectivity index (χ1v) is 9.14. The number of thiocarbonyl (C=S) groups is 1. The number of carboxylic acids is 1. The van der Waals surface area contributed by atoms with E-state index in [-0.39, 0.29) is 29.7 Å². The standard InChI is InChI=1S/C18H19ClN4O4S/c1-3-27-16(26)13-9-20-17(21-10(13)2)23-18(28)22-14(8-15(24)25)11-4-6-12(19)7-5-11/h4-7,9,14H,3,8H2,1-2H3,(H,24,25)(H2,20,21,22,23,28)/t14-/m0/s1. The van der Waals surface area contributed by atoms with Gasteiger partial charge in [-0.25, -0.2) is 14.8 Å². The van der Waals surface area contributed by atoms with Crippen LogP contribution in [0.25, 0.3) is 0 Å². The van der Waals surface area contributed by atoms with Gasteiger partial charge in [0.1, 0.15) is 0 Å². The average Bonchev–Trinajstić information content (AvgIpc) is 2.61. The number of esters is 1. The number of nitrogens with one attached hydrogen (secondary N) is 2. The van der Waals surface area contributed by atoms with Crippen LogP contribution in [-0.4, -0.2) is 38.7 Å². The molecule has 1 heterocycles. The number of halogens is 1. The van der Waals surface area contributed by atoms with Crippen LogP contribution in [0.4, 0.5) is 5.95 Å². The second kappa shape index (κ2) is 9.95. The van der Waals surface area contributed by atoms with Gasteiger partial charge in [0, 0.05) is 11.2 Å². The van der Waals surface area contributed by atoms with E-state index in [0.717, 1.165) is 0 Å². The van der Waals surface area contributed by atoms with Crippen LogP contribution in [0.3, 0.4) is 0 Å². The molecule has 148 valence electrons. The number of nitrogens with zero attached hydrogens (tertiary/aromatic N) is 2. The largest absolute Gasteiger partial charge is 0.481 e. The fourth-order valence-corrected chi connectivity index (χ4v) is 2.71. The molecule has 1 aromatic carbocycles. The molecular formula is C18H19ClN4O4S. The third-order valence-corrected chi connectivity index (χ3v) is 4.13. The fourth-order valence-electron chi connectivity index (χ4n) is 2.35. The molecule has 0 aliphatic rings. The molecule has 0 bridgehead atoms. The molecule has 10 heteroatoms. The molecule has 0 amide bonds. The zero-order chi connectivity index (χ0) is 20.7. The van der Waals surface area contributed by atoms with Crippen LogP contribution < -0.4 is 10.6 Å². The Morgan fingerprint density at radius 2 is 2.00 bits per heavy atom. The number of aromatic nitrogens is 2. The molecule has 3 N–H and O–H groups in total. The number of benzene rings is 1. The molecule has 0 aliphatic carbocycles. The van der Waals surface area contributed by atoms with Crippen LogP contribution >= 0.6 is 23.8 Å². The molecule has 2 aromatic rings. The molecule has 0 spiro atoms. The Kier molecular flexibility index (Phi) is 7.65. The van der Waals surface area contributed by atoms with E-state index < -0.39 is 18.0 Å². The maximum absolute atomic E-state index is 11.8. The van der Waals surface area contributed by atoms with Crippen LogP contribution in [0.2, 0.25) is 5.02 Å². The summed E-state index contributed by atoms with van der Waals surface area (Å²) in [5.41, 5.74) is 1.40. The fraction of sp³-hybridized carbons (Fsp3) is 0.278. The summed E-state index contributed by atoms with van der Waals surface area (Å²) in [5, 5.41) is 15.6. The van der Waals surface area contributed by atoms with Crippen LogP contribution in [0.1, 0.15) is 41.0 Å². The average molecular weight is 423 g/mol. The topological polar surface area (TPSA) is 113 Å². The molecular weight excluding hydrogens is 404 g/mol. The first-order valence-electron chi connectivity index (χ1n) is 8.35. The van der Waals surface area contributed by atoms with Gasteiger partial charge in [-0.2, -0.15) is 0 Å². The zero-order valence-corrected chi connectivity index (χ0v) is 16.8. The Morgan fingerprint density at radius 1 is 1.32 bits per heavy atom. The zero-order valence-electron chi connectivity index (χ0n) is 15.2. The summed E-state index contributed by atoms with van der Waals surface area (Å²) in [6.45, 7) is 3.61. The number of carboxylic acid groups (broad SMARTS) is 1. The third kappa shape index (κ3) is 6.14. The van der Waals surface area contributed by atoms with Crippen molar-refractivity contribution in [3.05, 3.63) is 52.3 Å². The number of ether oxygens (including phenoxy) is 1. The first-order chi connectivity index (χ1) is 13.3. The lowest BCUT2D eigenvalue weighted by Crippen LogP contribution is -2.34. The van der Waals surface area contributed by atoms with Crippen molar-refractivity contribution < 1.29 is 19.4 Å². The van der Waals surface area contributed by atoms with E-state index in [1.165, 1.54) is 6.20 Å². The van der Waals surface area contributed by atoms with Crippen LogP contribution in [0.5, 0.6) is 0 Å². The summed E-state index contributed by atoms with van der Waals surface area (Å²) in [5.74, 6) is -1.31. The minimum atomic E-state index is -0.985. The highest BCUT2D eigenvalue weighted by Crippen LogP contribution is 2.20. The summed E-state index contributed by atoms with van der Waals surface area (Å²) < 4.78 is 4.93. The normalized spacial score (nSPS) is 11.4. The minimum absolute atomic E-state index is 0.143. The van der Waals surface area contributed by atoms with Gasteiger partial charge in [0.25, 0.3) is 0 Å². The van der Waals surface area contributed by atoms with E-state index in [9.17, 15) is 9.59 Å².